The zero-order chi connectivity index (χ0) is 14.2. The van der Waals surface area contributed by atoms with Gasteiger partial charge in [-0.25, -0.2) is 14.8 Å². The average Bonchev–Trinajstić information content (AvgIpc) is 3.18. The van der Waals surface area contributed by atoms with Crippen molar-refractivity contribution >= 4 is 11.2 Å². The Morgan fingerprint density at radius 1 is 1.48 bits per heavy atom. The molecule has 1 aliphatic rings. The molecule has 1 saturated heterocycles. The Hall–Kier alpha value is -2.41. The average molecular weight is 285 g/mol. The van der Waals surface area contributed by atoms with E-state index in [9.17, 15) is 4.79 Å². The number of rotatable bonds is 3. The first-order valence-electron chi connectivity index (χ1n) is 6.96. The fourth-order valence-electron chi connectivity index (χ4n) is 3.00. The monoisotopic (exact) mass is 285 g/mol. The molecule has 0 aromatic carbocycles. The third-order valence-corrected chi connectivity index (χ3v) is 3.95. The number of likely N-dealkylation sites (tertiary alicyclic amines) is 1. The summed E-state index contributed by atoms with van der Waals surface area (Å²) in [5.74, 6) is 0.948. The minimum atomic E-state index is -0.115. The van der Waals surface area contributed by atoms with Crippen LogP contribution in [0.4, 0.5) is 0 Å². The molecule has 7 nitrogen and oxygen atoms in total. The number of nitrogens with one attached hydrogen (secondary N) is 1. The van der Waals surface area contributed by atoms with Crippen molar-refractivity contribution in [3.8, 4) is 0 Å². The van der Waals surface area contributed by atoms with Gasteiger partial charge in [-0.05, 0) is 18.6 Å². The number of hydrogen-bond donors (Lipinski definition) is 1. The van der Waals surface area contributed by atoms with Gasteiger partial charge in [-0.1, -0.05) is 0 Å². The molecule has 4 rings (SSSR count). The maximum Gasteiger partial charge on any atom is 0.328 e. The van der Waals surface area contributed by atoms with Gasteiger partial charge in [0.05, 0.1) is 25.0 Å². The molecule has 1 fully saturated rings. The molecule has 7 heteroatoms. The summed E-state index contributed by atoms with van der Waals surface area (Å²) >= 11 is 0. The van der Waals surface area contributed by atoms with Crippen LogP contribution in [0.1, 0.15) is 18.2 Å². The van der Waals surface area contributed by atoms with E-state index in [-0.39, 0.29) is 11.7 Å². The second-order valence-electron chi connectivity index (χ2n) is 5.32. The van der Waals surface area contributed by atoms with Crippen molar-refractivity contribution in [2.45, 2.75) is 19.0 Å². The summed E-state index contributed by atoms with van der Waals surface area (Å²) in [6.45, 7) is 2.53. The highest BCUT2D eigenvalue weighted by atomic mass is 16.3. The first-order chi connectivity index (χ1) is 10.3. The van der Waals surface area contributed by atoms with E-state index in [1.54, 1.807) is 17.0 Å². The van der Waals surface area contributed by atoms with E-state index in [2.05, 4.69) is 19.9 Å². The molecule has 0 bridgehead atoms. The van der Waals surface area contributed by atoms with Gasteiger partial charge in [-0.3, -0.25) is 9.47 Å². The quantitative estimate of drug-likeness (QED) is 0.781. The number of hydrogen-bond acceptors (Lipinski definition) is 5. The van der Waals surface area contributed by atoms with Crippen LogP contribution in [0.25, 0.3) is 11.2 Å². The van der Waals surface area contributed by atoms with Crippen LogP contribution in [0.15, 0.2) is 40.1 Å². The number of nitrogens with zero attached hydrogens (tertiary/aromatic N) is 4. The molecule has 1 aliphatic heterocycles. The molecule has 1 atom stereocenters. The molecule has 0 spiro atoms. The van der Waals surface area contributed by atoms with Crippen LogP contribution < -0.4 is 5.69 Å². The van der Waals surface area contributed by atoms with Crippen LogP contribution in [0.3, 0.4) is 0 Å². The lowest BCUT2D eigenvalue weighted by molar-refractivity contribution is 0.286. The molecule has 3 aromatic heterocycles. The summed E-state index contributed by atoms with van der Waals surface area (Å²) in [6.07, 6.45) is 5.72. The predicted molar refractivity (Wildman–Crippen MR) is 75.8 cm³/mol. The van der Waals surface area contributed by atoms with Crippen molar-refractivity contribution in [1.82, 2.24) is 24.4 Å². The van der Waals surface area contributed by atoms with Gasteiger partial charge < -0.3 is 9.40 Å². The highest BCUT2D eigenvalue weighted by Gasteiger charge is 2.27. The zero-order valence-corrected chi connectivity index (χ0v) is 11.4. The largest absolute Gasteiger partial charge is 0.468 e. The van der Waals surface area contributed by atoms with Crippen LogP contribution >= 0.6 is 0 Å². The van der Waals surface area contributed by atoms with Crippen molar-refractivity contribution < 1.29 is 4.42 Å². The van der Waals surface area contributed by atoms with Gasteiger partial charge in [0.2, 0.25) is 0 Å². The van der Waals surface area contributed by atoms with E-state index in [1.165, 1.54) is 6.33 Å². The van der Waals surface area contributed by atoms with Gasteiger partial charge in [0.1, 0.15) is 17.6 Å². The number of aromatic amines is 1. The van der Waals surface area contributed by atoms with Crippen molar-refractivity contribution in [3.05, 3.63) is 47.2 Å². The lowest BCUT2D eigenvalue weighted by atomic mass is 10.2. The van der Waals surface area contributed by atoms with Gasteiger partial charge in [0.15, 0.2) is 5.65 Å². The first-order valence-corrected chi connectivity index (χ1v) is 6.96. The Kier molecular flexibility index (Phi) is 2.85. The number of furan rings is 1. The number of H-pyrrole nitrogens is 1. The Labute approximate surface area is 120 Å². The second-order valence-corrected chi connectivity index (χ2v) is 5.32. The Morgan fingerprint density at radius 3 is 3.29 bits per heavy atom. The molecule has 0 saturated carbocycles. The molecule has 1 N–H and O–H groups in total. The molecular formula is C14H15N5O2. The van der Waals surface area contributed by atoms with Crippen LogP contribution in [0.5, 0.6) is 0 Å². The number of fused-ring (bicyclic) bond motifs is 1. The maximum atomic E-state index is 12.2. The fraction of sp³-hybridized carbons (Fsp3) is 0.357. The molecule has 0 aliphatic carbocycles. The predicted octanol–water partition coefficient (Wildman–Crippen LogP) is 1.16. The standard InChI is InChI=1S/C14H15N5O2/c20-14-17-12-6-15-9-16-13(12)19(14)10-3-4-18(7-10)8-11-2-1-5-21-11/h1-2,5-6,9-10H,3-4,7-8H2,(H,17,20)/t10-/m1/s1. The molecule has 3 aromatic rings. The van der Waals surface area contributed by atoms with E-state index in [1.807, 2.05) is 12.1 Å². The summed E-state index contributed by atoms with van der Waals surface area (Å²) in [6, 6.07) is 4.00. The van der Waals surface area contributed by atoms with Crippen molar-refractivity contribution in [1.29, 1.82) is 0 Å². The Bertz CT molecular complexity index is 804. The van der Waals surface area contributed by atoms with E-state index in [4.69, 9.17) is 4.42 Å². The minimum Gasteiger partial charge on any atom is -0.468 e. The van der Waals surface area contributed by atoms with Crippen molar-refractivity contribution in [2.24, 2.45) is 0 Å². The molecule has 0 unspecified atom stereocenters. The third-order valence-electron chi connectivity index (χ3n) is 3.95. The molecular weight excluding hydrogens is 270 g/mol. The van der Waals surface area contributed by atoms with E-state index < -0.39 is 0 Å². The number of aromatic nitrogens is 4. The summed E-state index contributed by atoms with van der Waals surface area (Å²) in [5.41, 5.74) is 1.25. The zero-order valence-electron chi connectivity index (χ0n) is 11.4. The van der Waals surface area contributed by atoms with Crippen LogP contribution in [0.2, 0.25) is 0 Å². The van der Waals surface area contributed by atoms with E-state index in [0.29, 0.717) is 11.2 Å². The molecule has 21 heavy (non-hydrogen) atoms. The smallest absolute Gasteiger partial charge is 0.328 e. The summed E-state index contributed by atoms with van der Waals surface area (Å²) in [4.78, 5) is 25.4. The maximum absolute atomic E-state index is 12.2. The SMILES string of the molecule is O=c1[nH]c2cncnc2n1[C@@H]1CCN(Cc2ccco2)C1. The molecule has 4 heterocycles. The van der Waals surface area contributed by atoms with Gasteiger partial charge in [0.25, 0.3) is 0 Å². The van der Waals surface area contributed by atoms with Crippen LogP contribution in [0, 0.1) is 0 Å². The van der Waals surface area contributed by atoms with Gasteiger partial charge in [-0.2, -0.15) is 0 Å². The van der Waals surface area contributed by atoms with Gasteiger partial charge in [0, 0.05) is 13.1 Å². The van der Waals surface area contributed by atoms with Crippen LogP contribution in [-0.4, -0.2) is 37.5 Å². The van der Waals surface area contributed by atoms with E-state index >= 15 is 0 Å². The molecule has 0 radical (unpaired) electrons. The van der Waals surface area contributed by atoms with Gasteiger partial charge >= 0.3 is 5.69 Å². The van der Waals surface area contributed by atoms with Gasteiger partial charge in [-0.15, -0.1) is 0 Å². The number of imidazole rings is 1. The van der Waals surface area contributed by atoms with Crippen molar-refractivity contribution in [3.63, 3.8) is 0 Å². The highest BCUT2D eigenvalue weighted by molar-refractivity contribution is 5.69. The molecule has 0 amide bonds. The minimum absolute atomic E-state index is 0.115. The van der Waals surface area contributed by atoms with E-state index in [0.717, 1.165) is 31.8 Å². The normalized spacial score (nSPS) is 19.5. The summed E-state index contributed by atoms with van der Waals surface area (Å²) < 4.78 is 7.13. The summed E-state index contributed by atoms with van der Waals surface area (Å²) in [5, 5.41) is 0. The lowest BCUT2D eigenvalue weighted by Crippen LogP contribution is -2.26. The van der Waals surface area contributed by atoms with Crippen LogP contribution in [-0.2, 0) is 6.54 Å². The molecule has 108 valence electrons. The fourth-order valence-corrected chi connectivity index (χ4v) is 3.00. The topological polar surface area (TPSA) is 80.0 Å². The Balaban J connectivity index is 1.59. The Morgan fingerprint density at radius 2 is 2.43 bits per heavy atom. The second kappa shape index (κ2) is 4.85. The lowest BCUT2D eigenvalue weighted by Gasteiger charge is -2.15. The summed E-state index contributed by atoms with van der Waals surface area (Å²) in [7, 11) is 0. The van der Waals surface area contributed by atoms with Crippen molar-refractivity contribution in [2.75, 3.05) is 13.1 Å². The first kappa shape index (κ1) is 12.3. The highest BCUT2D eigenvalue weighted by Crippen LogP contribution is 2.24. The third kappa shape index (κ3) is 2.15.